The van der Waals surface area contributed by atoms with Crippen molar-refractivity contribution in [3.8, 4) is 0 Å². The van der Waals surface area contributed by atoms with E-state index in [1.165, 1.54) is 24.6 Å². The van der Waals surface area contributed by atoms with Gasteiger partial charge in [-0.2, -0.15) is 0 Å². The van der Waals surface area contributed by atoms with Crippen LogP contribution in [0.2, 0.25) is 0 Å². The molecular formula is C19H24N4O5. The smallest absolute Gasteiger partial charge is 0.338 e. The molecule has 0 saturated carbocycles. The zero-order valence-electron chi connectivity index (χ0n) is 15.8. The molecule has 0 radical (unpaired) electrons. The Morgan fingerprint density at radius 1 is 1.32 bits per heavy atom. The van der Waals surface area contributed by atoms with Crippen LogP contribution in [0.25, 0.3) is 0 Å². The van der Waals surface area contributed by atoms with Crippen molar-refractivity contribution in [3.63, 3.8) is 0 Å². The van der Waals surface area contributed by atoms with Crippen LogP contribution in [0.4, 0.5) is 10.5 Å². The Kier molecular flexibility index (Phi) is 6.25. The van der Waals surface area contributed by atoms with E-state index >= 15 is 0 Å². The summed E-state index contributed by atoms with van der Waals surface area (Å²) in [6.07, 6.45) is 3.32. The lowest BCUT2D eigenvalue weighted by Crippen LogP contribution is -2.49. The van der Waals surface area contributed by atoms with Gasteiger partial charge in [0, 0.05) is 24.4 Å². The third-order valence-corrected chi connectivity index (χ3v) is 4.89. The van der Waals surface area contributed by atoms with Gasteiger partial charge in [-0.05, 0) is 38.4 Å². The molecule has 28 heavy (non-hydrogen) atoms. The normalized spacial score (nSPS) is 20.3. The zero-order chi connectivity index (χ0) is 20.1. The lowest BCUT2D eigenvalue weighted by Gasteiger charge is -2.33. The maximum Gasteiger partial charge on any atom is 0.338 e. The van der Waals surface area contributed by atoms with Crippen LogP contribution in [0.5, 0.6) is 0 Å². The average molecular weight is 388 g/mol. The highest BCUT2D eigenvalue weighted by atomic mass is 16.6. The van der Waals surface area contributed by atoms with Crippen molar-refractivity contribution >= 4 is 17.7 Å². The van der Waals surface area contributed by atoms with E-state index in [1.807, 2.05) is 0 Å². The van der Waals surface area contributed by atoms with E-state index in [9.17, 15) is 19.7 Å². The summed E-state index contributed by atoms with van der Waals surface area (Å²) in [5.74, 6) is -0.543. The highest BCUT2D eigenvalue weighted by Crippen LogP contribution is 2.30. The number of urea groups is 1. The van der Waals surface area contributed by atoms with Crippen LogP contribution in [0, 0.1) is 10.1 Å². The molecule has 1 aromatic rings. The minimum absolute atomic E-state index is 0.105. The monoisotopic (exact) mass is 388 g/mol. The summed E-state index contributed by atoms with van der Waals surface area (Å²) in [6.45, 7) is 4.11. The SMILES string of the molecule is CCOC(=O)C1=C(CN2CCCCC2)NC(=O)NC1c1cccc([N+](=O)[O-])c1. The van der Waals surface area contributed by atoms with Crippen molar-refractivity contribution in [2.75, 3.05) is 26.2 Å². The third kappa shape index (κ3) is 4.48. The maximum atomic E-state index is 12.7. The van der Waals surface area contributed by atoms with Crippen LogP contribution < -0.4 is 10.6 Å². The molecule has 2 N–H and O–H groups in total. The van der Waals surface area contributed by atoms with Crippen LogP contribution in [0.15, 0.2) is 35.5 Å². The number of nitrogens with zero attached hydrogens (tertiary/aromatic N) is 2. The van der Waals surface area contributed by atoms with Crippen LogP contribution in [-0.2, 0) is 9.53 Å². The Hall–Kier alpha value is -2.94. The number of non-ortho nitro benzene ring substituents is 1. The van der Waals surface area contributed by atoms with Crippen molar-refractivity contribution in [2.24, 2.45) is 0 Å². The fraction of sp³-hybridized carbons (Fsp3) is 0.474. The molecule has 0 aromatic heterocycles. The van der Waals surface area contributed by atoms with Gasteiger partial charge in [-0.3, -0.25) is 15.0 Å². The largest absolute Gasteiger partial charge is 0.463 e. The summed E-state index contributed by atoms with van der Waals surface area (Å²) < 4.78 is 5.22. The first-order valence-electron chi connectivity index (χ1n) is 9.44. The lowest BCUT2D eigenvalue weighted by molar-refractivity contribution is -0.384. The molecule has 1 saturated heterocycles. The molecule has 2 aliphatic rings. The van der Waals surface area contributed by atoms with E-state index in [-0.39, 0.29) is 17.9 Å². The van der Waals surface area contributed by atoms with Crippen molar-refractivity contribution in [1.29, 1.82) is 0 Å². The highest BCUT2D eigenvalue weighted by Gasteiger charge is 2.35. The molecule has 2 heterocycles. The average Bonchev–Trinajstić information content (AvgIpc) is 2.68. The van der Waals surface area contributed by atoms with E-state index in [0.29, 0.717) is 17.8 Å². The fourth-order valence-corrected chi connectivity index (χ4v) is 3.60. The van der Waals surface area contributed by atoms with Crippen molar-refractivity contribution in [3.05, 3.63) is 51.2 Å². The number of piperidine rings is 1. The van der Waals surface area contributed by atoms with Gasteiger partial charge in [-0.15, -0.1) is 0 Å². The molecule has 1 fully saturated rings. The number of likely N-dealkylation sites (tertiary alicyclic amines) is 1. The minimum atomic E-state index is -0.813. The second kappa shape index (κ2) is 8.83. The molecule has 9 heteroatoms. The Morgan fingerprint density at radius 3 is 2.75 bits per heavy atom. The molecule has 150 valence electrons. The van der Waals surface area contributed by atoms with Gasteiger partial charge < -0.3 is 15.4 Å². The third-order valence-electron chi connectivity index (χ3n) is 4.89. The summed E-state index contributed by atoms with van der Waals surface area (Å²) in [5, 5.41) is 16.6. The van der Waals surface area contributed by atoms with Gasteiger partial charge in [0.2, 0.25) is 0 Å². The number of carbonyl (C=O) groups is 2. The molecule has 1 unspecified atom stereocenters. The number of rotatable bonds is 6. The number of hydrogen-bond donors (Lipinski definition) is 2. The van der Waals surface area contributed by atoms with Crippen LogP contribution in [-0.4, -0.2) is 48.1 Å². The number of ether oxygens (including phenoxy) is 1. The first-order valence-corrected chi connectivity index (χ1v) is 9.44. The summed E-state index contributed by atoms with van der Waals surface area (Å²) >= 11 is 0. The molecule has 0 spiro atoms. The topological polar surface area (TPSA) is 114 Å². The molecule has 2 amide bonds. The van der Waals surface area contributed by atoms with E-state index in [2.05, 4.69) is 15.5 Å². The molecule has 0 aliphatic carbocycles. The molecule has 3 rings (SSSR count). The van der Waals surface area contributed by atoms with Crippen LogP contribution >= 0.6 is 0 Å². The second-order valence-corrected chi connectivity index (χ2v) is 6.83. The van der Waals surface area contributed by atoms with Gasteiger partial charge in [-0.1, -0.05) is 18.6 Å². The molecular weight excluding hydrogens is 364 g/mol. The summed E-state index contributed by atoms with van der Waals surface area (Å²) in [4.78, 5) is 37.8. The quantitative estimate of drug-likeness (QED) is 0.439. The number of nitrogens with one attached hydrogen (secondary N) is 2. The van der Waals surface area contributed by atoms with E-state index in [0.717, 1.165) is 25.9 Å². The number of carbonyl (C=O) groups excluding carboxylic acids is 2. The predicted molar refractivity (Wildman–Crippen MR) is 101 cm³/mol. The predicted octanol–water partition coefficient (Wildman–Crippen LogP) is 2.25. The van der Waals surface area contributed by atoms with E-state index in [4.69, 9.17) is 4.74 Å². The van der Waals surface area contributed by atoms with Crippen molar-refractivity contribution in [2.45, 2.75) is 32.2 Å². The Labute approximate surface area is 162 Å². The summed E-state index contributed by atoms with van der Waals surface area (Å²) in [6, 6.07) is 4.67. The van der Waals surface area contributed by atoms with Gasteiger partial charge in [0.25, 0.3) is 5.69 Å². The van der Waals surface area contributed by atoms with Gasteiger partial charge in [0.1, 0.15) is 0 Å². The standard InChI is InChI=1S/C19H24N4O5/c1-2-28-18(24)16-15(12-22-9-4-3-5-10-22)20-19(25)21-17(16)13-7-6-8-14(11-13)23(26)27/h6-8,11,17H,2-5,9-10,12H2,1H3,(H2,20,21,25). The molecule has 0 bridgehead atoms. The molecule has 1 aromatic carbocycles. The number of amides is 2. The molecule has 2 aliphatic heterocycles. The number of nitro benzene ring substituents is 1. The lowest BCUT2D eigenvalue weighted by atomic mass is 9.94. The van der Waals surface area contributed by atoms with Crippen molar-refractivity contribution < 1.29 is 19.2 Å². The van der Waals surface area contributed by atoms with Crippen LogP contribution in [0.3, 0.4) is 0 Å². The Morgan fingerprint density at radius 2 is 2.07 bits per heavy atom. The molecule has 9 nitrogen and oxygen atoms in total. The van der Waals surface area contributed by atoms with Gasteiger partial charge >= 0.3 is 12.0 Å². The summed E-state index contributed by atoms with van der Waals surface area (Å²) in [5.41, 5.74) is 1.13. The Balaban J connectivity index is 2.01. The highest BCUT2D eigenvalue weighted by molar-refractivity contribution is 5.95. The van der Waals surface area contributed by atoms with E-state index in [1.54, 1.807) is 13.0 Å². The Bertz CT molecular complexity index is 801. The number of esters is 1. The van der Waals surface area contributed by atoms with Gasteiger partial charge in [0.15, 0.2) is 0 Å². The van der Waals surface area contributed by atoms with Gasteiger partial charge in [0.05, 0.1) is 23.1 Å². The van der Waals surface area contributed by atoms with Gasteiger partial charge in [-0.25, -0.2) is 9.59 Å². The second-order valence-electron chi connectivity index (χ2n) is 6.83. The number of benzene rings is 1. The summed E-state index contributed by atoms with van der Waals surface area (Å²) in [7, 11) is 0. The molecule has 1 atom stereocenters. The first-order chi connectivity index (χ1) is 13.5. The van der Waals surface area contributed by atoms with E-state index < -0.39 is 23.0 Å². The van der Waals surface area contributed by atoms with Crippen LogP contribution in [0.1, 0.15) is 37.8 Å². The first kappa shape index (κ1) is 19.8. The number of nitro groups is 1. The minimum Gasteiger partial charge on any atom is -0.463 e. The zero-order valence-corrected chi connectivity index (χ0v) is 15.8. The van der Waals surface area contributed by atoms with Crippen molar-refractivity contribution in [1.82, 2.24) is 15.5 Å². The maximum absolute atomic E-state index is 12.7. The number of hydrogen-bond acceptors (Lipinski definition) is 6. The fourth-order valence-electron chi connectivity index (χ4n) is 3.60.